The topological polar surface area (TPSA) is 95.0 Å². The average Bonchev–Trinajstić information content (AvgIpc) is 3.37. The van der Waals surface area contributed by atoms with Crippen LogP contribution >= 0.6 is 45.2 Å². The van der Waals surface area contributed by atoms with E-state index < -0.39 is 29.6 Å². The van der Waals surface area contributed by atoms with Crippen LogP contribution in [0.15, 0.2) is 84.4 Å². The number of benzene rings is 3. The number of nitrogens with zero attached hydrogens (tertiary/aromatic N) is 2. The van der Waals surface area contributed by atoms with Crippen LogP contribution in [0.25, 0.3) is 0 Å². The van der Waals surface area contributed by atoms with E-state index in [2.05, 4.69) is 45.2 Å². The molecule has 4 aliphatic rings. The number of fused-ring (bicyclic) bond motifs is 4. The molecule has 7 nitrogen and oxygen atoms in total. The van der Waals surface area contributed by atoms with Crippen molar-refractivity contribution >= 4 is 80.2 Å². The Bertz CT molecular complexity index is 1630. The van der Waals surface area contributed by atoms with Crippen LogP contribution in [0.3, 0.4) is 0 Å². The van der Waals surface area contributed by atoms with E-state index in [1.54, 1.807) is 48.5 Å². The lowest BCUT2D eigenvalue weighted by atomic mass is 9.57. The van der Waals surface area contributed by atoms with Crippen molar-refractivity contribution in [1.82, 2.24) is 0 Å². The van der Waals surface area contributed by atoms with Crippen molar-refractivity contribution in [3.8, 4) is 5.75 Å². The van der Waals surface area contributed by atoms with Gasteiger partial charge >= 0.3 is 0 Å². The fourth-order valence-corrected chi connectivity index (χ4v) is 8.05. The standard InChI is InChI=1S/C32H24I2N2O5/c33-17-3-7-19(8-4-17)35-29(38)23-14-13-22-24(27(23)31(35)40)15-25-28(26(22)16-1-11-21(37)12-2-16)32(41)36(30(25)39)20-9-5-18(34)6-10-20/h1-13,23-28,37H,14-15H2. The fraction of sp³-hybridized carbons (Fsp3) is 0.250. The van der Waals surface area contributed by atoms with Crippen LogP contribution in [0.5, 0.6) is 5.75 Å². The first-order valence-electron chi connectivity index (χ1n) is 13.5. The highest BCUT2D eigenvalue weighted by molar-refractivity contribution is 14.1. The third kappa shape index (κ3) is 4.17. The summed E-state index contributed by atoms with van der Waals surface area (Å²) in [6, 6.07) is 21.4. The van der Waals surface area contributed by atoms with Gasteiger partial charge in [0.15, 0.2) is 0 Å². The molecule has 4 amide bonds. The lowest BCUT2D eigenvalue weighted by Gasteiger charge is -2.44. The molecular weight excluding hydrogens is 746 g/mol. The van der Waals surface area contributed by atoms with Gasteiger partial charge in [-0.3, -0.25) is 29.0 Å². The highest BCUT2D eigenvalue weighted by Crippen LogP contribution is 2.58. The van der Waals surface area contributed by atoms with Gasteiger partial charge in [0, 0.05) is 13.1 Å². The highest BCUT2D eigenvalue weighted by Gasteiger charge is 2.62. The average molecular weight is 770 g/mol. The summed E-state index contributed by atoms with van der Waals surface area (Å²) in [7, 11) is 0. The number of rotatable bonds is 3. The summed E-state index contributed by atoms with van der Waals surface area (Å²) in [6.45, 7) is 0. The van der Waals surface area contributed by atoms with E-state index in [9.17, 15) is 24.3 Å². The van der Waals surface area contributed by atoms with Crippen molar-refractivity contribution in [2.24, 2.45) is 29.6 Å². The SMILES string of the molecule is O=C1C2CC=C3C(CC4C(=O)N(c5ccc(I)cc5)C(=O)C4C3c3ccc(O)cc3)C2C(=O)N1c1ccc(I)cc1. The van der Waals surface area contributed by atoms with Crippen molar-refractivity contribution in [2.75, 3.05) is 9.80 Å². The molecule has 1 saturated carbocycles. The maximum atomic E-state index is 14.1. The molecule has 2 aliphatic carbocycles. The van der Waals surface area contributed by atoms with E-state index in [-0.39, 0.29) is 35.3 Å². The summed E-state index contributed by atoms with van der Waals surface area (Å²) in [4.78, 5) is 58.3. The molecule has 3 fully saturated rings. The minimum Gasteiger partial charge on any atom is -0.508 e. The Balaban J connectivity index is 1.32. The van der Waals surface area contributed by atoms with Gasteiger partial charge in [0.25, 0.3) is 0 Å². The maximum Gasteiger partial charge on any atom is 0.238 e. The van der Waals surface area contributed by atoms with Crippen LogP contribution < -0.4 is 9.80 Å². The molecule has 9 heteroatoms. The Morgan fingerprint density at radius 1 is 0.610 bits per heavy atom. The molecule has 0 radical (unpaired) electrons. The number of aromatic hydroxyl groups is 1. The molecule has 41 heavy (non-hydrogen) atoms. The van der Waals surface area contributed by atoms with E-state index in [1.807, 2.05) is 30.3 Å². The van der Waals surface area contributed by atoms with Gasteiger partial charge in [-0.25, -0.2) is 0 Å². The second-order valence-electron chi connectivity index (χ2n) is 11.1. The van der Waals surface area contributed by atoms with Crippen molar-refractivity contribution in [3.05, 3.63) is 97.1 Å². The van der Waals surface area contributed by atoms with Crippen molar-refractivity contribution in [3.63, 3.8) is 0 Å². The summed E-state index contributed by atoms with van der Waals surface area (Å²) in [5.41, 5.74) is 2.83. The lowest BCUT2D eigenvalue weighted by Crippen LogP contribution is -2.43. The second-order valence-corrected chi connectivity index (χ2v) is 13.6. The molecule has 2 heterocycles. The number of amides is 4. The van der Waals surface area contributed by atoms with Gasteiger partial charge < -0.3 is 5.11 Å². The predicted octanol–water partition coefficient (Wildman–Crippen LogP) is 5.65. The first-order valence-corrected chi connectivity index (χ1v) is 15.7. The number of halogens is 2. The number of phenols is 1. The molecule has 2 aliphatic heterocycles. The minimum absolute atomic E-state index is 0.106. The third-order valence-corrected chi connectivity index (χ3v) is 10.5. The Morgan fingerprint density at radius 3 is 1.68 bits per heavy atom. The first kappa shape index (κ1) is 26.8. The summed E-state index contributed by atoms with van der Waals surface area (Å²) < 4.78 is 2.00. The van der Waals surface area contributed by atoms with Crippen LogP contribution in [0, 0.1) is 36.7 Å². The van der Waals surface area contributed by atoms with Gasteiger partial charge in [0.2, 0.25) is 23.6 Å². The molecule has 6 atom stereocenters. The van der Waals surface area contributed by atoms with Crippen LogP contribution in [0.1, 0.15) is 24.3 Å². The molecule has 0 bridgehead atoms. The van der Waals surface area contributed by atoms with Gasteiger partial charge in [-0.2, -0.15) is 0 Å². The van der Waals surface area contributed by atoms with E-state index in [4.69, 9.17) is 0 Å². The largest absolute Gasteiger partial charge is 0.508 e. The first-order chi connectivity index (χ1) is 19.7. The van der Waals surface area contributed by atoms with Gasteiger partial charge in [-0.15, -0.1) is 0 Å². The lowest BCUT2D eigenvalue weighted by molar-refractivity contribution is -0.126. The summed E-state index contributed by atoms with van der Waals surface area (Å²) in [6.07, 6.45) is 2.77. The van der Waals surface area contributed by atoms with E-state index in [1.165, 1.54) is 9.80 Å². The van der Waals surface area contributed by atoms with E-state index in [0.29, 0.717) is 24.2 Å². The Hall–Kier alpha value is -3.06. The van der Waals surface area contributed by atoms with Gasteiger partial charge in [0.05, 0.1) is 35.0 Å². The van der Waals surface area contributed by atoms with Crippen molar-refractivity contribution < 1.29 is 24.3 Å². The summed E-state index contributed by atoms with van der Waals surface area (Å²) in [5.74, 6) is -4.04. The zero-order valence-corrected chi connectivity index (χ0v) is 25.9. The molecular formula is C32H24I2N2O5. The number of carbonyl (C=O) groups is 4. The summed E-state index contributed by atoms with van der Waals surface area (Å²) in [5, 5.41) is 9.99. The van der Waals surface area contributed by atoms with Crippen LogP contribution in [0.2, 0.25) is 0 Å². The zero-order chi connectivity index (χ0) is 28.6. The fourth-order valence-electron chi connectivity index (χ4n) is 7.33. The number of imide groups is 2. The molecule has 0 spiro atoms. The number of anilines is 2. The van der Waals surface area contributed by atoms with Crippen LogP contribution in [-0.4, -0.2) is 28.7 Å². The molecule has 2 saturated heterocycles. The van der Waals surface area contributed by atoms with Gasteiger partial charge in [0.1, 0.15) is 5.75 Å². The van der Waals surface area contributed by atoms with Crippen LogP contribution in [-0.2, 0) is 19.2 Å². The summed E-state index contributed by atoms with van der Waals surface area (Å²) >= 11 is 4.37. The number of phenolic OH excluding ortho intramolecular Hbond substituents is 1. The molecule has 3 aromatic rings. The number of hydrogen-bond acceptors (Lipinski definition) is 5. The number of allylic oxidation sites excluding steroid dienone is 2. The molecule has 3 aromatic carbocycles. The van der Waals surface area contributed by atoms with Gasteiger partial charge in [-0.1, -0.05) is 23.8 Å². The Morgan fingerprint density at radius 2 is 1.12 bits per heavy atom. The second kappa shape index (κ2) is 10.0. The highest BCUT2D eigenvalue weighted by atomic mass is 127. The maximum absolute atomic E-state index is 14.1. The molecule has 6 unspecified atom stereocenters. The molecule has 1 N–H and O–H groups in total. The predicted molar refractivity (Wildman–Crippen MR) is 169 cm³/mol. The third-order valence-electron chi connectivity index (χ3n) is 9.07. The van der Waals surface area contributed by atoms with E-state index in [0.717, 1.165) is 18.3 Å². The quantitative estimate of drug-likeness (QED) is 0.211. The Kier molecular flexibility index (Phi) is 6.57. The van der Waals surface area contributed by atoms with Crippen molar-refractivity contribution in [1.29, 1.82) is 0 Å². The smallest absolute Gasteiger partial charge is 0.238 e. The van der Waals surface area contributed by atoms with Crippen molar-refractivity contribution in [2.45, 2.75) is 18.8 Å². The van der Waals surface area contributed by atoms with Crippen LogP contribution in [0.4, 0.5) is 11.4 Å². The zero-order valence-electron chi connectivity index (χ0n) is 21.6. The monoisotopic (exact) mass is 770 g/mol. The number of carbonyl (C=O) groups excluding carboxylic acids is 4. The Labute approximate surface area is 263 Å². The minimum atomic E-state index is -0.634. The number of hydrogen-bond donors (Lipinski definition) is 1. The molecule has 7 rings (SSSR count). The van der Waals surface area contributed by atoms with Gasteiger partial charge in [-0.05, 0) is 130 Å². The van der Waals surface area contributed by atoms with E-state index >= 15 is 0 Å². The normalized spacial score (nSPS) is 28.9. The molecule has 206 valence electrons. The molecule has 0 aromatic heterocycles.